The molecule has 0 aliphatic carbocycles. The van der Waals surface area contributed by atoms with E-state index in [-0.39, 0.29) is 6.10 Å². The summed E-state index contributed by atoms with van der Waals surface area (Å²) < 4.78 is 22.6. The number of morpholine rings is 1. The van der Waals surface area contributed by atoms with Crippen LogP contribution < -0.4 is 20.5 Å². The third-order valence-corrected chi connectivity index (χ3v) is 4.61. The number of nitrogens with one attached hydrogen (secondary N) is 1. The largest absolute Gasteiger partial charge is 0.493 e. The van der Waals surface area contributed by atoms with E-state index < -0.39 is 11.6 Å². The lowest BCUT2D eigenvalue weighted by molar-refractivity contribution is 0.00708. The van der Waals surface area contributed by atoms with Crippen molar-refractivity contribution in [2.24, 2.45) is 0 Å². The molecule has 158 valence electrons. The van der Waals surface area contributed by atoms with Crippen molar-refractivity contribution >= 4 is 22.4 Å². The average molecular weight is 402 g/mol. The van der Waals surface area contributed by atoms with Crippen molar-refractivity contribution < 1.29 is 23.7 Å². The van der Waals surface area contributed by atoms with Crippen molar-refractivity contribution in [3.05, 3.63) is 29.8 Å². The van der Waals surface area contributed by atoms with Crippen molar-refractivity contribution in [3.63, 3.8) is 0 Å². The van der Waals surface area contributed by atoms with Gasteiger partial charge < -0.3 is 30.0 Å². The Morgan fingerprint density at radius 3 is 2.59 bits per heavy atom. The van der Waals surface area contributed by atoms with Gasteiger partial charge in [0, 0.05) is 25.2 Å². The summed E-state index contributed by atoms with van der Waals surface area (Å²) in [6, 6.07) is 7.21. The van der Waals surface area contributed by atoms with Crippen LogP contribution in [0.1, 0.15) is 37.6 Å². The molecule has 1 unspecified atom stereocenters. The summed E-state index contributed by atoms with van der Waals surface area (Å²) in [5, 5.41) is 4.99. The molecule has 29 heavy (non-hydrogen) atoms. The number of esters is 1. The van der Waals surface area contributed by atoms with Gasteiger partial charge >= 0.3 is 5.97 Å². The zero-order chi connectivity index (χ0) is 21.0. The second-order valence-electron chi connectivity index (χ2n) is 8.13. The number of nitrogen functional groups attached to an aromatic ring is 1. The fourth-order valence-corrected chi connectivity index (χ4v) is 3.21. The lowest BCUT2D eigenvalue weighted by Crippen LogP contribution is -2.39. The number of ether oxygens (including phenoxy) is 4. The van der Waals surface area contributed by atoms with Crippen molar-refractivity contribution in [1.82, 2.24) is 5.32 Å². The van der Waals surface area contributed by atoms with Gasteiger partial charge in [-0.1, -0.05) is 0 Å². The molecule has 3 rings (SSSR count). The molecule has 1 aliphatic rings. The third kappa shape index (κ3) is 5.52. The van der Waals surface area contributed by atoms with Gasteiger partial charge in [-0.25, -0.2) is 4.79 Å². The summed E-state index contributed by atoms with van der Waals surface area (Å²) in [6.07, 6.45) is 0.940. The van der Waals surface area contributed by atoms with Crippen molar-refractivity contribution in [2.75, 3.05) is 39.1 Å². The number of carbonyl (C=O) groups excluding carboxylic acids is 1. The van der Waals surface area contributed by atoms with Gasteiger partial charge in [0.15, 0.2) is 11.5 Å². The first kappa shape index (κ1) is 21.2. The highest BCUT2D eigenvalue weighted by Crippen LogP contribution is 2.35. The topological polar surface area (TPSA) is 92.0 Å². The molecule has 2 aromatic rings. The molecule has 0 spiro atoms. The SMILES string of the molecule is COc1cc2cc(C(=O)OC(C)(C)C)c(N)cc2cc1OCCC1CNCCO1. The molecular weight excluding hydrogens is 372 g/mol. The normalized spacial score (nSPS) is 17.2. The molecule has 0 saturated carbocycles. The second-order valence-corrected chi connectivity index (χ2v) is 8.13. The van der Waals surface area contributed by atoms with Gasteiger partial charge in [0.25, 0.3) is 0 Å². The van der Waals surface area contributed by atoms with Crippen molar-refractivity contribution in [2.45, 2.75) is 38.9 Å². The first-order valence-electron chi connectivity index (χ1n) is 9.86. The number of carbonyl (C=O) groups is 1. The smallest absolute Gasteiger partial charge is 0.340 e. The summed E-state index contributed by atoms with van der Waals surface area (Å²) in [7, 11) is 1.59. The van der Waals surface area contributed by atoms with Gasteiger partial charge in [0.1, 0.15) is 5.60 Å². The Kier molecular flexibility index (Phi) is 6.49. The highest BCUT2D eigenvalue weighted by atomic mass is 16.6. The Hall–Kier alpha value is -2.51. The fraction of sp³-hybridized carbons (Fsp3) is 0.500. The summed E-state index contributed by atoms with van der Waals surface area (Å²) in [5.41, 5.74) is 6.24. The highest BCUT2D eigenvalue weighted by molar-refractivity contribution is 6.02. The fourth-order valence-electron chi connectivity index (χ4n) is 3.21. The zero-order valence-corrected chi connectivity index (χ0v) is 17.5. The maximum absolute atomic E-state index is 12.5. The van der Waals surface area contributed by atoms with E-state index in [1.165, 1.54) is 0 Å². The van der Waals surface area contributed by atoms with E-state index in [0.717, 1.165) is 36.9 Å². The van der Waals surface area contributed by atoms with E-state index in [1.807, 2.05) is 32.9 Å². The number of hydrogen-bond acceptors (Lipinski definition) is 7. The Morgan fingerprint density at radius 2 is 1.93 bits per heavy atom. The van der Waals surface area contributed by atoms with E-state index in [9.17, 15) is 4.79 Å². The summed E-state index contributed by atoms with van der Waals surface area (Å²) >= 11 is 0. The zero-order valence-electron chi connectivity index (χ0n) is 17.5. The predicted octanol–water partition coefficient (Wildman–Crippen LogP) is 3.14. The molecule has 0 amide bonds. The standard InChI is InChI=1S/C22H30N2O5/c1-22(2,3)29-21(25)17-9-14-11-19(26-4)20(12-15(14)10-18(17)23)28-7-5-16-13-24-6-8-27-16/h9-12,16,24H,5-8,13,23H2,1-4H3. The minimum Gasteiger partial charge on any atom is -0.493 e. The predicted molar refractivity (Wildman–Crippen MR) is 113 cm³/mol. The maximum atomic E-state index is 12.5. The minimum absolute atomic E-state index is 0.155. The molecular formula is C22H30N2O5. The van der Waals surface area contributed by atoms with E-state index in [1.54, 1.807) is 19.2 Å². The van der Waals surface area contributed by atoms with Gasteiger partial charge in [0.2, 0.25) is 0 Å². The number of methoxy groups -OCH3 is 1. The maximum Gasteiger partial charge on any atom is 0.340 e. The van der Waals surface area contributed by atoms with E-state index >= 15 is 0 Å². The van der Waals surface area contributed by atoms with Crippen LogP contribution in [0.2, 0.25) is 0 Å². The number of anilines is 1. The number of rotatable bonds is 6. The summed E-state index contributed by atoms with van der Waals surface area (Å²) in [6.45, 7) is 8.43. The van der Waals surface area contributed by atoms with Gasteiger partial charge in [-0.3, -0.25) is 0 Å². The van der Waals surface area contributed by atoms with Crippen LogP contribution >= 0.6 is 0 Å². The Morgan fingerprint density at radius 1 is 1.21 bits per heavy atom. The first-order valence-corrected chi connectivity index (χ1v) is 9.86. The van der Waals surface area contributed by atoms with Gasteiger partial charge in [0.05, 0.1) is 32.0 Å². The van der Waals surface area contributed by atoms with Gasteiger partial charge in [-0.05, 0) is 55.8 Å². The van der Waals surface area contributed by atoms with Gasteiger partial charge in [-0.15, -0.1) is 0 Å². The van der Waals surface area contributed by atoms with Crippen LogP contribution in [-0.2, 0) is 9.47 Å². The molecule has 7 heteroatoms. The summed E-state index contributed by atoms with van der Waals surface area (Å²) in [4.78, 5) is 12.5. The molecule has 0 aromatic heterocycles. The molecule has 0 bridgehead atoms. The molecule has 3 N–H and O–H groups in total. The molecule has 0 radical (unpaired) electrons. The number of nitrogens with two attached hydrogens (primary N) is 1. The Balaban J connectivity index is 1.79. The number of benzene rings is 2. The van der Waals surface area contributed by atoms with Crippen LogP contribution in [0.5, 0.6) is 11.5 Å². The van der Waals surface area contributed by atoms with Crippen LogP contribution in [0.3, 0.4) is 0 Å². The Labute approximate surface area is 171 Å². The molecule has 1 heterocycles. The van der Waals surface area contributed by atoms with E-state index in [4.69, 9.17) is 24.7 Å². The minimum atomic E-state index is -0.592. The van der Waals surface area contributed by atoms with E-state index in [0.29, 0.717) is 29.4 Å². The number of hydrogen-bond donors (Lipinski definition) is 2. The lowest BCUT2D eigenvalue weighted by Gasteiger charge is -2.23. The quantitative estimate of drug-likeness (QED) is 0.566. The van der Waals surface area contributed by atoms with Crippen LogP contribution in [-0.4, -0.2) is 51.1 Å². The van der Waals surface area contributed by atoms with Crippen molar-refractivity contribution in [1.29, 1.82) is 0 Å². The average Bonchev–Trinajstić information content (AvgIpc) is 2.66. The molecule has 1 saturated heterocycles. The van der Waals surface area contributed by atoms with Crippen LogP contribution in [0.25, 0.3) is 10.8 Å². The second kappa shape index (κ2) is 8.88. The monoisotopic (exact) mass is 402 g/mol. The molecule has 1 aliphatic heterocycles. The number of fused-ring (bicyclic) bond motifs is 1. The molecule has 2 aromatic carbocycles. The van der Waals surface area contributed by atoms with Gasteiger partial charge in [-0.2, -0.15) is 0 Å². The summed E-state index contributed by atoms with van der Waals surface area (Å²) in [5.74, 6) is 0.783. The van der Waals surface area contributed by atoms with Crippen LogP contribution in [0.15, 0.2) is 24.3 Å². The Bertz CT molecular complexity index is 870. The van der Waals surface area contributed by atoms with Crippen LogP contribution in [0.4, 0.5) is 5.69 Å². The van der Waals surface area contributed by atoms with E-state index in [2.05, 4.69) is 5.32 Å². The third-order valence-electron chi connectivity index (χ3n) is 4.61. The lowest BCUT2D eigenvalue weighted by atomic mass is 10.0. The first-order chi connectivity index (χ1) is 13.8. The molecule has 1 atom stereocenters. The highest BCUT2D eigenvalue weighted by Gasteiger charge is 2.21. The van der Waals surface area contributed by atoms with Crippen molar-refractivity contribution in [3.8, 4) is 11.5 Å². The molecule has 7 nitrogen and oxygen atoms in total. The van der Waals surface area contributed by atoms with Crippen LogP contribution in [0, 0.1) is 0 Å². The molecule has 1 fully saturated rings.